The van der Waals surface area contributed by atoms with E-state index >= 15 is 0 Å². The normalized spacial score (nSPS) is 17.2. The van der Waals surface area contributed by atoms with Crippen molar-refractivity contribution in [2.24, 2.45) is 0 Å². The molecular weight excluding hydrogens is 322 g/mol. The van der Waals surface area contributed by atoms with Crippen molar-refractivity contribution in [2.75, 3.05) is 5.75 Å². The van der Waals surface area contributed by atoms with Crippen molar-refractivity contribution in [1.29, 1.82) is 0 Å². The van der Waals surface area contributed by atoms with Crippen molar-refractivity contribution in [1.82, 2.24) is 5.32 Å². The molecule has 5 heteroatoms. The summed E-state index contributed by atoms with van der Waals surface area (Å²) in [6, 6.07) is 12.3. The number of nitrogens with one attached hydrogen (secondary N) is 1. The van der Waals surface area contributed by atoms with E-state index in [0.717, 1.165) is 21.6 Å². The van der Waals surface area contributed by atoms with Crippen molar-refractivity contribution < 1.29 is 14.7 Å². The molecule has 1 aliphatic rings. The quantitative estimate of drug-likeness (QED) is 0.894. The van der Waals surface area contributed by atoms with Gasteiger partial charge in [-0.15, -0.1) is 11.8 Å². The molecule has 4 nitrogen and oxygen atoms in total. The molecule has 0 bridgehead atoms. The maximum Gasteiger partial charge on any atom is 0.330 e. The summed E-state index contributed by atoms with van der Waals surface area (Å²) in [6.45, 7) is 3.84. The van der Waals surface area contributed by atoms with Crippen molar-refractivity contribution in [3.8, 4) is 0 Å². The second-order valence-corrected chi connectivity index (χ2v) is 7.16. The molecule has 0 saturated carbocycles. The minimum Gasteiger partial charge on any atom is -0.479 e. The predicted octanol–water partition coefficient (Wildman–Crippen LogP) is 3.43. The average molecular weight is 341 g/mol. The van der Waals surface area contributed by atoms with Gasteiger partial charge >= 0.3 is 5.97 Å². The maximum atomic E-state index is 12.7. The molecule has 124 valence electrons. The minimum absolute atomic E-state index is 0.237. The molecule has 0 aliphatic carbocycles. The van der Waals surface area contributed by atoms with Crippen molar-refractivity contribution in [3.63, 3.8) is 0 Å². The molecule has 1 amide bonds. The molecule has 2 aromatic carbocycles. The number of hydrogen-bond donors (Lipinski definition) is 2. The number of thioether (sulfide) groups is 1. The molecule has 2 unspecified atom stereocenters. The standard InChI is InChI=1S/C19H19NO3S/c1-11-7-12(2)9-13(8-11)17(19(22)23)20-18(21)15-10-24-16-6-4-3-5-14(15)16/h3-9,15,17H,10H2,1-2H3,(H,20,21)(H,22,23). The fourth-order valence-corrected chi connectivity index (χ4v) is 4.32. The van der Waals surface area contributed by atoms with Crippen LogP contribution < -0.4 is 5.32 Å². The molecule has 2 N–H and O–H groups in total. The highest BCUT2D eigenvalue weighted by molar-refractivity contribution is 7.99. The van der Waals surface area contributed by atoms with Gasteiger partial charge in [-0.05, 0) is 31.0 Å². The first kappa shape index (κ1) is 16.6. The first-order valence-corrected chi connectivity index (χ1v) is 8.77. The second kappa shape index (κ2) is 6.69. The van der Waals surface area contributed by atoms with Crippen LogP contribution in [-0.4, -0.2) is 22.7 Å². The summed E-state index contributed by atoms with van der Waals surface area (Å²) in [6.07, 6.45) is 0. The molecule has 3 rings (SSSR count). The molecular formula is C19H19NO3S. The molecule has 0 spiro atoms. The zero-order chi connectivity index (χ0) is 17.3. The van der Waals surface area contributed by atoms with Crippen LogP contribution in [0.3, 0.4) is 0 Å². The lowest BCUT2D eigenvalue weighted by molar-refractivity contribution is -0.142. The van der Waals surface area contributed by atoms with Gasteiger partial charge in [-0.3, -0.25) is 4.79 Å². The summed E-state index contributed by atoms with van der Waals surface area (Å²) in [5, 5.41) is 12.3. The van der Waals surface area contributed by atoms with E-state index in [1.54, 1.807) is 11.8 Å². The van der Waals surface area contributed by atoms with Gasteiger partial charge in [0, 0.05) is 10.6 Å². The van der Waals surface area contributed by atoms with Gasteiger partial charge in [0.2, 0.25) is 5.91 Å². The van der Waals surface area contributed by atoms with Crippen LogP contribution in [0.5, 0.6) is 0 Å². The van der Waals surface area contributed by atoms with E-state index in [9.17, 15) is 14.7 Å². The monoisotopic (exact) mass is 341 g/mol. The van der Waals surface area contributed by atoms with Crippen molar-refractivity contribution in [2.45, 2.75) is 30.7 Å². The number of carboxylic acids is 1. The molecule has 0 fully saturated rings. The van der Waals surface area contributed by atoms with Gasteiger partial charge in [0.05, 0.1) is 5.92 Å². The smallest absolute Gasteiger partial charge is 0.330 e. The van der Waals surface area contributed by atoms with Crippen LogP contribution in [-0.2, 0) is 9.59 Å². The van der Waals surface area contributed by atoms with E-state index in [2.05, 4.69) is 5.32 Å². The van der Waals surface area contributed by atoms with E-state index in [0.29, 0.717) is 11.3 Å². The number of rotatable bonds is 4. The zero-order valence-corrected chi connectivity index (χ0v) is 14.4. The van der Waals surface area contributed by atoms with E-state index in [-0.39, 0.29) is 11.8 Å². The minimum atomic E-state index is -1.05. The molecule has 2 atom stereocenters. The maximum absolute atomic E-state index is 12.7. The number of hydrogen-bond acceptors (Lipinski definition) is 3. The fourth-order valence-electron chi connectivity index (χ4n) is 3.09. The third-order valence-electron chi connectivity index (χ3n) is 4.13. The number of fused-ring (bicyclic) bond motifs is 1. The Morgan fingerprint density at radius 1 is 1.17 bits per heavy atom. The molecule has 0 aromatic heterocycles. The predicted molar refractivity (Wildman–Crippen MR) is 94.3 cm³/mol. The summed E-state index contributed by atoms with van der Waals surface area (Å²) in [7, 11) is 0. The highest BCUT2D eigenvalue weighted by atomic mass is 32.2. The van der Waals surface area contributed by atoms with Crippen LogP contribution in [0.2, 0.25) is 0 Å². The Morgan fingerprint density at radius 2 is 1.83 bits per heavy atom. The number of carbonyl (C=O) groups is 2. The van der Waals surface area contributed by atoms with Crippen LogP contribution in [0.1, 0.15) is 34.2 Å². The SMILES string of the molecule is Cc1cc(C)cc(C(NC(=O)C2CSc3ccccc32)C(=O)O)c1. The summed E-state index contributed by atoms with van der Waals surface area (Å²) in [5.74, 6) is -0.949. The summed E-state index contributed by atoms with van der Waals surface area (Å²) in [5.41, 5.74) is 3.54. The Labute approximate surface area is 145 Å². The van der Waals surface area contributed by atoms with E-state index in [4.69, 9.17) is 0 Å². The number of benzene rings is 2. The van der Waals surface area contributed by atoms with Crippen molar-refractivity contribution >= 4 is 23.6 Å². The van der Waals surface area contributed by atoms with Crippen LogP contribution in [0, 0.1) is 13.8 Å². The van der Waals surface area contributed by atoms with Gasteiger partial charge in [0.25, 0.3) is 0 Å². The highest BCUT2D eigenvalue weighted by Crippen LogP contribution is 2.39. The van der Waals surface area contributed by atoms with Crippen LogP contribution >= 0.6 is 11.8 Å². The summed E-state index contributed by atoms with van der Waals surface area (Å²) in [4.78, 5) is 25.5. The molecule has 24 heavy (non-hydrogen) atoms. The van der Waals surface area contributed by atoms with Gasteiger partial charge in [-0.25, -0.2) is 4.79 Å². The number of carbonyl (C=O) groups excluding carboxylic acids is 1. The van der Waals surface area contributed by atoms with Crippen LogP contribution in [0.15, 0.2) is 47.4 Å². The zero-order valence-electron chi connectivity index (χ0n) is 13.6. The Hall–Kier alpha value is -2.27. The van der Waals surface area contributed by atoms with E-state index < -0.39 is 12.0 Å². The lowest BCUT2D eigenvalue weighted by Gasteiger charge is -2.19. The Kier molecular flexibility index (Phi) is 4.62. The molecule has 0 saturated heterocycles. The molecule has 1 heterocycles. The first-order valence-electron chi connectivity index (χ1n) is 7.79. The van der Waals surface area contributed by atoms with Gasteiger partial charge in [0.1, 0.15) is 0 Å². The highest BCUT2D eigenvalue weighted by Gasteiger charge is 2.32. The average Bonchev–Trinajstić information content (AvgIpc) is 2.95. The first-order chi connectivity index (χ1) is 11.5. The lowest BCUT2D eigenvalue weighted by atomic mass is 9.98. The van der Waals surface area contributed by atoms with Gasteiger partial charge in [0.15, 0.2) is 6.04 Å². The third kappa shape index (κ3) is 3.31. The molecule has 2 aromatic rings. The number of aryl methyl sites for hydroxylation is 2. The number of aliphatic carboxylic acids is 1. The van der Waals surface area contributed by atoms with Gasteiger partial charge < -0.3 is 10.4 Å². The number of carboxylic acid groups (broad SMARTS) is 1. The largest absolute Gasteiger partial charge is 0.479 e. The van der Waals surface area contributed by atoms with E-state index in [1.165, 1.54) is 0 Å². The summed E-state index contributed by atoms with van der Waals surface area (Å²) < 4.78 is 0. The van der Waals surface area contributed by atoms with Crippen LogP contribution in [0.25, 0.3) is 0 Å². The fraction of sp³-hybridized carbons (Fsp3) is 0.263. The Morgan fingerprint density at radius 3 is 2.50 bits per heavy atom. The van der Waals surface area contributed by atoms with Crippen LogP contribution in [0.4, 0.5) is 0 Å². The molecule has 0 radical (unpaired) electrons. The topological polar surface area (TPSA) is 66.4 Å². The number of amides is 1. The van der Waals surface area contributed by atoms with Crippen molar-refractivity contribution in [3.05, 3.63) is 64.7 Å². The Bertz CT molecular complexity index is 783. The summed E-state index contributed by atoms with van der Waals surface area (Å²) >= 11 is 1.63. The Balaban J connectivity index is 1.84. The lowest BCUT2D eigenvalue weighted by Crippen LogP contribution is -2.37. The van der Waals surface area contributed by atoms with Gasteiger partial charge in [-0.1, -0.05) is 47.5 Å². The van der Waals surface area contributed by atoms with E-state index in [1.807, 2.05) is 56.3 Å². The molecule has 1 aliphatic heterocycles. The van der Waals surface area contributed by atoms with Gasteiger partial charge in [-0.2, -0.15) is 0 Å². The third-order valence-corrected chi connectivity index (χ3v) is 5.31. The second-order valence-electron chi connectivity index (χ2n) is 6.10.